The lowest BCUT2D eigenvalue weighted by Gasteiger charge is -2.13. The second-order valence-electron chi connectivity index (χ2n) is 4.45. The van der Waals surface area contributed by atoms with Crippen LogP contribution in [0.15, 0.2) is 30.9 Å². The zero-order valence-electron chi connectivity index (χ0n) is 13.4. The summed E-state index contributed by atoms with van der Waals surface area (Å²) < 4.78 is 11.2. The van der Waals surface area contributed by atoms with E-state index in [-0.39, 0.29) is 24.8 Å². The summed E-state index contributed by atoms with van der Waals surface area (Å²) in [7, 11) is 1.97. The molecule has 0 aliphatic carbocycles. The third-order valence-corrected chi connectivity index (χ3v) is 2.77. The number of rotatable bonds is 11. The molecule has 0 saturated carbocycles. The van der Waals surface area contributed by atoms with Crippen LogP contribution in [0, 0.1) is 0 Å². The van der Waals surface area contributed by atoms with Crippen molar-refractivity contribution in [1.29, 1.82) is 0 Å². The maximum absolute atomic E-state index is 5.62. The van der Waals surface area contributed by atoms with Gasteiger partial charge in [-0.05, 0) is 51.2 Å². The van der Waals surface area contributed by atoms with Gasteiger partial charge in [0.15, 0.2) is 11.5 Å². The summed E-state index contributed by atoms with van der Waals surface area (Å²) in [5.74, 6) is 1.56. The second kappa shape index (κ2) is 15.0. The first-order chi connectivity index (χ1) is 9.81. The van der Waals surface area contributed by atoms with Gasteiger partial charge in [0.2, 0.25) is 0 Å². The fourth-order valence-electron chi connectivity index (χ4n) is 1.82. The molecule has 6 heteroatoms. The van der Waals surface area contributed by atoms with Crippen LogP contribution in [0.3, 0.4) is 0 Å². The summed E-state index contributed by atoms with van der Waals surface area (Å²) in [5.41, 5.74) is 1.20. The Balaban J connectivity index is 0. The number of halogens is 2. The van der Waals surface area contributed by atoms with Crippen molar-refractivity contribution in [3.05, 3.63) is 36.4 Å². The Morgan fingerprint density at radius 1 is 1.14 bits per heavy atom. The van der Waals surface area contributed by atoms with E-state index in [9.17, 15) is 0 Å². The highest BCUT2D eigenvalue weighted by atomic mass is 35.5. The van der Waals surface area contributed by atoms with E-state index in [2.05, 4.69) is 23.3 Å². The van der Waals surface area contributed by atoms with Crippen LogP contribution in [-0.4, -0.2) is 33.4 Å². The van der Waals surface area contributed by atoms with Crippen molar-refractivity contribution in [1.82, 2.24) is 10.6 Å². The molecule has 0 fully saturated rings. The van der Waals surface area contributed by atoms with Gasteiger partial charge in [0.1, 0.15) is 6.61 Å². The van der Waals surface area contributed by atoms with E-state index in [4.69, 9.17) is 9.47 Å². The highest BCUT2D eigenvalue weighted by Gasteiger charge is 2.06. The molecule has 0 radical (unpaired) electrons. The molecule has 22 heavy (non-hydrogen) atoms. The predicted octanol–water partition coefficient (Wildman–Crippen LogP) is 3.19. The monoisotopic (exact) mass is 350 g/mol. The van der Waals surface area contributed by atoms with Crippen LogP contribution < -0.4 is 20.1 Å². The standard InChI is InChI=1S/C16H26N2O2.2ClH/c1-4-11-20-15-8-7-14(12-16(15)19-5-2)13-18-10-6-9-17-3;;/h4,7-8,12,17-18H,1,5-6,9-11,13H2,2-3H3;2*1H. The summed E-state index contributed by atoms with van der Waals surface area (Å²) in [6, 6.07) is 6.05. The van der Waals surface area contributed by atoms with Gasteiger partial charge in [0.05, 0.1) is 6.61 Å². The van der Waals surface area contributed by atoms with E-state index in [0.29, 0.717) is 13.2 Å². The zero-order valence-corrected chi connectivity index (χ0v) is 15.0. The van der Waals surface area contributed by atoms with Crippen LogP contribution in [0.2, 0.25) is 0 Å². The Hall–Kier alpha value is -0.940. The van der Waals surface area contributed by atoms with Crippen molar-refractivity contribution in [3.8, 4) is 11.5 Å². The Morgan fingerprint density at radius 2 is 1.91 bits per heavy atom. The molecular formula is C16H28Cl2N2O2. The van der Waals surface area contributed by atoms with Gasteiger partial charge < -0.3 is 20.1 Å². The van der Waals surface area contributed by atoms with Crippen LogP contribution in [0.25, 0.3) is 0 Å². The SMILES string of the molecule is C=CCOc1ccc(CNCCCNC)cc1OCC.Cl.Cl. The minimum atomic E-state index is 0. The fraction of sp³-hybridized carbons (Fsp3) is 0.500. The molecule has 0 amide bonds. The minimum Gasteiger partial charge on any atom is -0.490 e. The molecule has 1 aromatic carbocycles. The lowest BCUT2D eigenvalue weighted by molar-refractivity contribution is 0.296. The molecule has 0 unspecified atom stereocenters. The van der Waals surface area contributed by atoms with Gasteiger partial charge in [-0.1, -0.05) is 18.7 Å². The molecule has 0 heterocycles. The van der Waals surface area contributed by atoms with E-state index >= 15 is 0 Å². The molecule has 0 spiro atoms. The summed E-state index contributed by atoms with van der Waals surface area (Å²) in [6.07, 6.45) is 2.85. The van der Waals surface area contributed by atoms with Crippen LogP contribution in [0.4, 0.5) is 0 Å². The quantitative estimate of drug-likeness (QED) is 0.475. The van der Waals surface area contributed by atoms with Gasteiger partial charge in [-0.15, -0.1) is 24.8 Å². The van der Waals surface area contributed by atoms with Crippen LogP contribution >= 0.6 is 24.8 Å². The summed E-state index contributed by atoms with van der Waals surface area (Å²) in [6.45, 7) is 9.61. The maximum Gasteiger partial charge on any atom is 0.161 e. The van der Waals surface area contributed by atoms with Crippen molar-refractivity contribution in [2.45, 2.75) is 19.9 Å². The summed E-state index contributed by atoms with van der Waals surface area (Å²) in [4.78, 5) is 0. The van der Waals surface area contributed by atoms with Crippen LogP contribution in [0.5, 0.6) is 11.5 Å². The molecule has 1 aromatic rings. The number of ether oxygens (including phenoxy) is 2. The van der Waals surface area contributed by atoms with Crippen molar-refractivity contribution in [2.75, 3.05) is 33.4 Å². The van der Waals surface area contributed by atoms with Crippen molar-refractivity contribution in [3.63, 3.8) is 0 Å². The lowest BCUT2D eigenvalue weighted by Crippen LogP contribution is -2.19. The Morgan fingerprint density at radius 3 is 2.55 bits per heavy atom. The molecule has 0 saturated heterocycles. The molecule has 0 aromatic heterocycles. The smallest absolute Gasteiger partial charge is 0.161 e. The van der Waals surface area contributed by atoms with Gasteiger partial charge in [0, 0.05) is 6.54 Å². The first kappa shape index (κ1) is 23.3. The van der Waals surface area contributed by atoms with E-state index in [1.165, 1.54) is 5.56 Å². The van der Waals surface area contributed by atoms with E-state index in [1.54, 1.807) is 6.08 Å². The highest BCUT2D eigenvalue weighted by Crippen LogP contribution is 2.28. The third kappa shape index (κ3) is 9.15. The number of hydrogen-bond acceptors (Lipinski definition) is 4. The van der Waals surface area contributed by atoms with Gasteiger partial charge in [0.25, 0.3) is 0 Å². The largest absolute Gasteiger partial charge is 0.490 e. The Labute approximate surface area is 146 Å². The fourth-order valence-corrected chi connectivity index (χ4v) is 1.82. The van der Waals surface area contributed by atoms with Gasteiger partial charge in [-0.3, -0.25) is 0 Å². The predicted molar refractivity (Wildman–Crippen MR) is 98.0 cm³/mol. The minimum absolute atomic E-state index is 0. The number of hydrogen-bond donors (Lipinski definition) is 2. The normalized spacial score (nSPS) is 9.36. The van der Waals surface area contributed by atoms with Gasteiger partial charge >= 0.3 is 0 Å². The van der Waals surface area contributed by atoms with Crippen molar-refractivity contribution < 1.29 is 9.47 Å². The molecule has 0 aliphatic rings. The zero-order chi connectivity index (χ0) is 14.6. The van der Waals surface area contributed by atoms with Crippen molar-refractivity contribution in [2.24, 2.45) is 0 Å². The molecular weight excluding hydrogens is 323 g/mol. The number of benzene rings is 1. The average molecular weight is 351 g/mol. The molecule has 4 nitrogen and oxygen atoms in total. The Bertz CT molecular complexity index is 404. The molecule has 0 bridgehead atoms. The third-order valence-electron chi connectivity index (χ3n) is 2.77. The summed E-state index contributed by atoms with van der Waals surface area (Å²) >= 11 is 0. The lowest BCUT2D eigenvalue weighted by atomic mass is 10.2. The second-order valence-corrected chi connectivity index (χ2v) is 4.45. The van der Waals surface area contributed by atoms with Gasteiger partial charge in [-0.25, -0.2) is 0 Å². The van der Waals surface area contributed by atoms with E-state index in [0.717, 1.165) is 37.6 Å². The van der Waals surface area contributed by atoms with Crippen molar-refractivity contribution >= 4 is 24.8 Å². The molecule has 0 atom stereocenters. The molecule has 2 N–H and O–H groups in total. The Kier molecular flexibility index (Phi) is 15.9. The van der Waals surface area contributed by atoms with Gasteiger partial charge in [-0.2, -0.15) is 0 Å². The topological polar surface area (TPSA) is 42.5 Å². The summed E-state index contributed by atoms with van der Waals surface area (Å²) in [5, 5.41) is 6.55. The molecule has 0 aliphatic heterocycles. The van der Waals surface area contributed by atoms with Crippen LogP contribution in [-0.2, 0) is 6.54 Å². The van der Waals surface area contributed by atoms with Crippen LogP contribution in [0.1, 0.15) is 18.9 Å². The highest BCUT2D eigenvalue weighted by molar-refractivity contribution is 5.85. The van der Waals surface area contributed by atoms with E-state index < -0.39 is 0 Å². The first-order valence-corrected chi connectivity index (χ1v) is 7.16. The first-order valence-electron chi connectivity index (χ1n) is 7.16. The molecule has 128 valence electrons. The number of nitrogens with one attached hydrogen (secondary N) is 2. The maximum atomic E-state index is 5.62. The molecule has 1 rings (SSSR count). The van der Waals surface area contributed by atoms with E-state index in [1.807, 2.05) is 26.1 Å². The average Bonchev–Trinajstić information content (AvgIpc) is 2.46.